The van der Waals surface area contributed by atoms with Gasteiger partial charge in [0.15, 0.2) is 11.5 Å². The molecule has 3 nitrogen and oxygen atoms in total. The second-order valence-corrected chi connectivity index (χ2v) is 5.67. The minimum Gasteiger partial charge on any atom is -0.486 e. The van der Waals surface area contributed by atoms with Crippen molar-refractivity contribution >= 4 is 11.6 Å². The maximum atomic E-state index is 10.6. The number of fused-ring (bicyclic) bond motifs is 1. The Balaban J connectivity index is 1.98. The topological polar surface area (TPSA) is 38.7 Å². The van der Waals surface area contributed by atoms with Crippen LogP contribution in [0.5, 0.6) is 11.5 Å². The van der Waals surface area contributed by atoms with Crippen molar-refractivity contribution in [1.29, 1.82) is 0 Å². The van der Waals surface area contributed by atoms with Crippen LogP contribution in [0.2, 0.25) is 5.02 Å². The molecule has 0 fully saturated rings. The largest absolute Gasteiger partial charge is 0.486 e. The van der Waals surface area contributed by atoms with Gasteiger partial charge in [0, 0.05) is 10.6 Å². The molecule has 0 saturated heterocycles. The van der Waals surface area contributed by atoms with Gasteiger partial charge in [0.05, 0.1) is 0 Å². The Morgan fingerprint density at radius 2 is 1.67 bits per heavy atom. The summed E-state index contributed by atoms with van der Waals surface area (Å²) in [5.74, 6) is 1.38. The lowest BCUT2D eigenvalue weighted by Gasteiger charge is -2.21. The molecule has 1 heterocycles. The normalized spacial score (nSPS) is 14.9. The average molecular weight is 305 g/mol. The Kier molecular flexibility index (Phi) is 3.79. The van der Waals surface area contributed by atoms with E-state index in [1.807, 2.05) is 44.2 Å². The molecular weight excluding hydrogens is 288 g/mol. The summed E-state index contributed by atoms with van der Waals surface area (Å²) in [6.07, 6.45) is -0.785. The lowest BCUT2D eigenvalue weighted by molar-refractivity contribution is 0.169. The zero-order chi connectivity index (χ0) is 15.0. The summed E-state index contributed by atoms with van der Waals surface area (Å²) in [5.41, 5.74) is 3.66. The highest BCUT2D eigenvalue weighted by molar-refractivity contribution is 6.31. The first-order valence-electron chi connectivity index (χ1n) is 6.90. The molecule has 0 radical (unpaired) electrons. The van der Waals surface area contributed by atoms with Gasteiger partial charge in [-0.05, 0) is 48.7 Å². The van der Waals surface area contributed by atoms with Crippen molar-refractivity contribution in [2.45, 2.75) is 20.0 Å². The van der Waals surface area contributed by atoms with E-state index in [4.69, 9.17) is 21.1 Å². The summed E-state index contributed by atoms with van der Waals surface area (Å²) in [5, 5.41) is 11.2. The zero-order valence-corrected chi connectivity index (χ0v) is 12.8. The first-order valence-corrected chi connectivity index (χ1v) is 7.28. The van der Waals surface area contributed by atoms with Gasteiger partial charge in [0.1, 0.15) is 19.3 Å². The molecule has 4 heteroatoms. The molecule has 0 spiro atoms. The maximum Gasteiger partial charge on any atom is 0.161 e. The van der Waals surface area contributed by atoms with Crippen LogP contribution >= 0.6 is 11.6 Å². The van der Waals surface area contributed by atoms with Crippen molar-refractivity contribution in [3.05, 3.63) is 57.6 Å². The number of aliphatic hydroxyl groups is 1. The van der Waals surface area contributed by atoms with Gasteiger partial charge in [-0.3, -0.25) is 0 Å². The fourth-order valence-electron chi connectivity index (χ4n) is 2.42. The second kappa shape index (κ2) is 5.58. The molecule has 21 heavy (non-hydrogen) atoms. The van der Waals surface area contributed by atoms with Gasteiger partial charge in [-0.1, -0.05) is 23.7 Å². The Morgan fingerprint density at radius 3 is 2.43 bits per heavy atom. The molecule has 1 aliphatic heterocycles. The van der Waals surface area contributed by atoms with E-state index in [9.17, 15) is 5.11 Å². The number of hydrogen-bond donors (Lipinski definition) is 1. The van der Waals surface area contributed by atoms with Gasteiger partial charge in [0.25, 0.3) is 0 Å². The number of benzene rings is 2. The molecule has 3 rings (SSSR count). The summed E-state index contributed by atoms with van der Waals surface area (Å²) in [4.78, 5) is 0. The van der Waals surface area contributed by atoms with Crippen LogP contribution in [-0.4, -0.2) is 18.3 Å². The van der Waals surface area contributed by atoms with Crippen LogP contribution in [0, 0.1) is 13.8 Å². The lowest BCUT2D eigenvalue weighted by atomic mass is 9.97. The van der Waals surface area contributed by atoms with Crippen molar-refractivity contribution in [3.63, 3.8) is 0 Å². The molecule has 0 aliphatic carbocycles. The van der Waals surface area contributed by atoms with E-state index in [0.717, 1.165) is 16.7 Å². The fourth-order valence-corrected chi connectivity index (χ4v) is 2.74. The molecule has 0 aromatic heterocycles. The number of aryl methyl sites for hydroxylation is 2. The quantitative estimate of drug-likeness (QED) is 0.917. The smallest absolute Gasteiger partial charge is 0.161 e. The first kappa shape index (κ1) is 14.2. The van der Waals surface area contributed by atoms with Crippen LogP contribution in [0.15, 0.2) is 30.3 Å². The third kappa shape index (κ3) is 2.71. The van der Waals surface area contributed by atoms with Crippen LogP contribution in [-0.2, 0) is 0 Å². The monoisotopic (exact) mass is 304 g/mol. The van der Waals surface area contributed by atoms with E-state index in [2.05, 4.69) is 0 Å². The molecule has 2 aromatic carbocycles. The minimum absolute atomic E-state index is 0.525. The standard InChI is InChI=1S/C17H17ClO3/c1-10-7-13(14(18)8-11(10)2)17(19)12-3-4-15-16(9-12)21-6-5-20-15/h3-4,7-9,17,19H,5-6H2,1-2H3. The average Bonchev–Trinajstić information content (AvgIpc) is 2.50. The Bertz CT molecular complexity index is 682. The van der Waals surface area contributed by atoms with Crippen LogP contribution in [0.4, 0.5) is 0 Å². The molecule has 1 aliphatic rings. The SMILES string of the molecule is Cc1cc(Cl)c(C(O)c2ccc3c(c2)OCCO3)cc1C. The van der Waals surface area contributed by atoms with E-state index in [0.29, 0.717) is 35.3 Å². The van der Waals surface area contributed by atoms with Gasteiger partial charge in [-0.25, -0.2) is 0 Å². The predicted octanol–water partition coefficient (Wildman–Crippen LogP) is 3.81. The second-order valence-electron chi connectivity index (χ2n) is 5.26. The fraction of sp³-hybridized carbons (Fsp3) is 0.294. The highest BCUT2D eigenvalue weighted by Gasteiger charge is 2.19. The Labute approximate surface area is 129 Å². The van der Waals surface area contributed by atoms with Crippen LogP contribution in [0.3, 0.4) is 0 Å². The molecule has 2 aromatic rings. The lowest BCUT2D eigenvalue weighted by Crippen LogP contribution is -2.15. The molecule has 0 bridgehead atoms. The van der Waals surface area contributed by atoms with Crippen molar-refractivity contribution in [2.75, 3.05) is 13.2 Å². The number of halogens is 1. The number of hydrogen-bond acceptors (Lipinski definition) is 3. The minimum atomic E-state index is -0.785. The van der Waals surface area contributed by atoms with Crippen LogP contribution in [0.25, 0.3) is 0 Å². The molecule has 1 atom stereocenters. The predicted molar refractivity (Wildman–Crippen MR) is 82.4 cm³/mol. The van der Waals surface area contributed by atoms with Crippen LogP contribution < -0.4 is 9.47 Å². The third-order valence-electron chi connectivity index (χ3n) is 3.79. The molecule has 110 valence electrons. The summed E-state index contributed by atoms with van der Waals surface area (Å²) >= 11 is 6.27. The van der Waals surface area contributed by atoms with E-state index < -0.39 is 6.10 Å². The maximum absolute atomic E-state index is 10.6. The first-order chi connectivity index (χ1) is 10.1. The molecular formula is C17H17ClO3. The number of aliphatic hydroxyl groups excluding tert-OH is 1. The van der Waals surface area contributed by atoms with E-state index in [1.165, 1.54) is 0 Å². The summed E-state index contributed by atoms with van der Waals surface area (Å²) in [6, 6.07) is 9.28. The van der Waals surface area contributed by atoms with Crippen molar-refractivity contribution in [3.8, 4) is 11.5 Å². The van der Waals surface area contributed by atoms with E-state index in [-0.39, 0.29) is 0 Å². The molecule has 1 unspecified atom stereocenters. The van der Waals surface area contributed by atoms with Crippen molar-refractivity contribution in [2.24, 2.45) is 0 Å². The summed E-state index contributed by atoms with van der Waals surface area (Å²) in [6.45, 7) is 5.09. The van der Waals surface area contributed by atoms with Gasteiger partial charge in [0.2, 0.25) is 0 Å². The summed E-state index contributed by atoms with van der Waals surface area (Å²) in [7, 11) is 0. The zero-order valence-electron chi connectivity index (χ0n) is 12.0. The molecule has 1 N–H and O–H groups in total. The number of rotatable bonds is 2. The highest BCUT2D eigenvalue weighted by Crippen LogP contribution is 2.36. The van der Waals surface area contributed by atoms with Crippen molar-refractivity contribution < 1.29 is 14.6 Å². The molecule has 0 saturated carbocycles. The number of ether oxygens (including phenoxy) is 2. The van der Waals surface area contributed by atoms with Gasteiger partial charge < -0.3 is 14.6 Å². The molecule has 0 amide bonds. The van der Waals surface area contributed by atoms with Gasteiger partial charge in [-0.2, -0.15) is 0 Å². The van der Waals surface area contributed by atoms with Gasteiger partial charge >= 0.3 is 0 Å². The highest BCUT2D eigenvalue weighted by atomic mass is 35.5. The third-order valence-corrected chi connectivity index (χ3v) is 4.12. The van der Waals surface area contributed by atoms with Crippen LogP contribution in [0.1, 0.15) is 28.4 Å². The van der Waals surface area contributed by atoms with E-state index >= 15 is 0 Å². The summed E-state index contributed by atoms with van der Waals surface area (Å²) < 4.78 is 11.0. The Morgan fingerprint density at radius 1 is 1.00 bits per heavy atom. The van der Waals surface area contributed by atoms with Crippen molar-refractivity contribution in [1.82, 2.24) is 0 Å². The Hall–Kier alpha value is -1.71. The van der Waals surface area contributed by atoms with E-state index in [1.54, 1.807) is 0 Å². The van der Waals surface area contributed by atoms with Gasteiger partial charge in [-0.15, -0.1) is 0 Å².